The van der Waals surface area contributed by atoms with Crippen LogP contribution in [0, 0.1) is 12.8 Å². The van der Waals surface area contributed by atoms with E-state index in [1.807, 2.05) is 37.3 Å². The Hall–Kier alpha value is -1.37. The van der Waals surface area contributed by atoms with E-state index in [4.69, 9.17) is 5.73 Å². The number of amides is 1. The van der Waals surface area contributed by atoms with Crippen molar-refractivity contribution in [2.24, 2.45) is 11.7 Å². The zero-order valence-electron chi connectivity index (χ0n) is 12.8. The van der Waals surface area contributed by atoms with Crippen molar-refractivity contribution in [3.05, 3.63) is 40.5 Å². The molecule has 3 rings (SSSR count). The lowest BCUT2D eigenvalue weighted by Gasteiger charge is -2.12. The van der Waals surface area contributed by atoms with E-state index in [0.717, 1.165) is 35.1 Å². The van der Waals surface area contributed by atoms with Crippen LogP contribution < -0.4 is 11.1 Å². The predicted molar refractivity (Wildman–Crippen MR) is 97.2 cm³/mol. The summed E-state index contributed by atoms with van der Waals surface area (Å²) in [4.78, 5) is 12.4. The van der Waals surface area contributed by atoms with Gasteiger partial charge in [-0.1, -0.05) is 22.0 Å². The number of aromatic nitrogens is 2. The quantitative estimate of drug-likeness (QED) is 0.830. The minimum absolute atomic E-state index is 0. The Bertz CT molecular complexity index is 703. The summed E-state index contributed by atoms with van der Waals surface area (Å²) < 4.78 is 2.73. The summed E-state index contributed by atoms with van der Waals surface area (Å²) in [6, 6.07) is 9.85. The molecule has 1 aromatic heterocycles. The number of nitrogens with zero attached hydrogens (tertiary/aromatic N) is 2. The third-order valence-corrected chi connectivity index (χ3v) is 4.47. The predicted octanol–water partition coefficient (Wildman–Crippen LogP) is 3.43. The third kappa shape index (κ3) is 4.13. The zero-order chi connectivity index (χ0) is 15.7. The molecule has 0 aliphatic heterocycles. The van der Waals surface area contributed by atoms with Crippen LogP contribution in [-0.4, -0.2) is 21.7 Å². The van der Waals surface area contributed by atoms with Crippen molar-refractivity contribution >= 4 is 40.1 Å². The number of halogens is 2. The van der Waals surface area contributed by atoms with E-state index in [1.165, 1.54) is 0 Å². The summed E-state index contributed by atoms with van der Waals surface area (Å²) >= 11 is 3.46. The second kappa shape index (κ2) is 7.47. The average Bonchev–Trinajstić information content (AvgIpc) is 3.05. The van der Waals surface area contributed by atoms with Gasteiger partial charge in [-0.15, -0.1) is 12.4 Å². The molecular formula is C16H20BrClN4O. The Morgan fingerprint density at radius 1 is 1.39 bits per heavy atom. The lowest BCUT2D eigenvalue weighted by molar-refractivity contribution is -0.119. The van der Waals surface area contributed by atoms with E-state index >= 15 is 0 Å². The molecule has 1 aromatic carbocycles. The number of benzene rings is 1. The average molecular weight is 400 g/mol. The van der Waals surface area contributed by atoms with E-state index in [9.17, 15) is 4.79 Å². The highest BCUT2D eigenvalue weighted by Crippen LogP contribution is 2.26. The van der Waals surface area contributed by atoms with Gasteiger partial charge >= 0.3 is 0 Å². The number of anilines is 1. The molecule has 23 heavy (non-hydrogen) atoms. The highest BCUT2D eigenvalue weighted by atomic mass is 79.9. The number of nitrogens with one attached hydrogen (secondary N) is 1. The van der Waals surface area contributed by atoms with Crippen molar-refractivity contribution < 1.29 is 4.79 Å². The first-order chi connectivity index (χ1) is 10.5. The van der Waals surface area contributed by atoms with Gasteiger partial charge in [0, 0.05) is 22.5 Å². The molecule has 2 atom stereocenters. The summed E-state index contributed by atoms with van der Waals surface area (Å²) in [5, 5.41) is 7.48. The van der Waals surface area contributed by atoms with Crippen LogP contribution in [0.25, 0.3) is 5.69 Å². The van der Waals surface area contributed by atoms with E-state index < -0.39 is 0 Å². The lowest BCUT2D eigenvalue weighted by atomic mass is 10.1. The summed E-state index contributed by atoms with van der Waals surface area (Å²) in [7, 11) is 0. The first-order valence-electron chi connectivity index (χ1n) is 7.42. The molecule has 0 spiro atoms. The fraction of sp³-hybridized carbons (Fsp3) is 0.375. The maximum Gasteiger partial charge on any atom is 0.228 e. The highest BCUT2D eigenvalue weighted by molar-refractivity contribution is 9.10. The number of carbonyl (C=O) groups excluding carboxylic acids is 1. The van der Waals surface area contributed by atoms with E-state index in [0.29, 0.717) is 5.82 Å². The Morgan fingerprint density at radius 3 is 2.83 bits per heavy atom. The van der Waals surface area contributed by atoms with Gasteiger partial charge in [0.1, 0.15) is 5.82 Å². The molecule has 0 bridgehead atoms. The first kappa shape index (κ1) is 18.0. The van der Waals surface area contributed by atoms with Crippen LogP contribution >= 0.6 is 28.3 Å². The molecular weight excluding hydrogens is 380 g/mol. The summed E-state index contributed by atoms with van der Waals surface area (Å²) in [6.07, 6.45) is 2.54. The Labute approximate surface area is 150 Å². The minimum atomic E-state index is 0. The van der Waals surface area contributed by atoms with Crippen molar-refractivity contribution in [3.8, 4) is 5.69 Å². The molecule has 1 fully saturated rings. The molecule has 1 saturated carbocycles. The number of carbonyl (C=O) groups is 1. The van der Waals surface area contributed by atoms with Crippen LogP contribution in [0.3, 0.4) is 0 Å². The van der Waals surface area contributed by atoms with Crippen LogP contribution in [0.4, 0.5) is 5.82 Å². The van der Waals surface area contributed by atoms with Crippen molar-refractivity contribution in [2.45, 2.75) is 32.2 Å². The van der Waals surface area contributed by atoms with Crippen molar-refractivity contribution in [3.63, 3.8) is 0 Å². The molecule has 3 N–H and O–H groups in total. The van der Waals surface area contributed by atoms with Crippen molar-refractivity contribution in [1.82, 2.24) is 9.78 Å². The van der Waals surface area contributed by atoms with Gasteiger partial charge in [0.2, 0.25) is 5.91 Å². The van der Waals surface area contributed by atoms with Gasteiger partial charge in [-0.2, -0.15) is 5.10 Å². The van der Waals surface area contributed by atoms with Crippen molar-refractivity contribution in [2.75, 3.05) is 5.32 Å². The highest BCUT2D eigenvalue weighted by Gasteiger charge is 2.28. The normalized spacial score (nSPS) is 20.1. The number of hydrogen-bond donors (Lipinski definition) is 2. The Morgan fingerprint density at radius 2 is 2.17 bits per heavy atom. The van der Waals surface area contributed by atoms with Crippen LogP contribution in [-0.2, 0) is 4.79 Å². The van der Waals surface area contributed by atoms with Gasteiger partial charge in [-0.25, -0.2) is 4.68 Å². The standard InChI is InChI=1S/C16H19BrN4O.ClH/c1-10-7-15(19-16(22)11-5-6-13(18)8-11)21(20-10)14-4-2-3-12(17)9-14;/h2-4,7,9,11,13H,5-6,8,18H2,1H3,(H,19,22);1H. The van der Waals surface area contributed by atoms with Gasteiger partial charge in [0.25, 0.3) is 0 Å². The number of aryl methyl sites for hydroxylation is 1. The van der Waals surface area contributed by atoms with Gasteiger partial charge in [-0.3, -0.25) is 4.79 Å². The molecule has 1 amide bonds. The molecule has 2 aromatic rings. The van der Waals surface area contributed by atoms with E-state index in [-0.39, 0.29) is 30.3 Å². The maximum absolute atomic E-state index is 12.4. The van der Waals surface area contributed by atoms with Gasteiger partial charge < -0.3 is 11.1 Å². The Kier molecular flexibility index (Phi) is 5.84. The maximum atomic E-state index is 12.4. The SMILES string of the molecule is Cc1cc(NC(=O)C2CCC(N)C2)n(-c2cccc(Br)c2)n1.Cl. The van der Waals surface area contributed by atoms with Crippen LogP contribution in [0.1, 0.15) is 25.0 Å². The van der Waals surface area contributed by atoms with Crippen LogP contribution in [0.15, 0.2) is 34.8 Å². The summed E-state index contributed by atoms with van der Waals surface area (Å²) in [6.45, 7) is 1.91. The molecule has 2 unspecified atom stereocenters. The number of nitrogens with two attached hydrogens (primary N) is 1. The monoisotopic (exact) mass is 398 g/mol. The number of rotatable bonds is 3. The Balaban J connectivity index is 0.00000192. The second-order valence-electron chi connectivity index (χ2n) is 5.82. The zero-order valence-corrected chi connectivity index (χ0v) is 15.2. The topological polar surface area (TPSA) is 72.9 Å². The molecule has 7 heteroatoms. The summed E-state index contributed by atoms with van der Waals surface area (Å²) in [5.74, 6) is 0.728. The smallest absolute Gasteiger partial charge is 0.228 e. The van der Waals surface area contributed by atoms with Crippen LogP contribution in [0.5, 0.6) is 0 Å². The van der Waals surface area contributed by atoms with Gasteiger partial charge in [0.15, 0.2) is 0 Å². The minimum Gasteiger partial charge on any atom is -0.328 e. The van der Waals surface area contributed by atoms with Crippen molar-refractivity contribution in [1.29, 1.82) is 0 Å². The lowest BCUT2D eigenvalue weighted by Crippen LogP contribution is -2.24. The largest absolute Gasteiger partial charge is 0.328 e. The third-order valence-electron chi connectivity index (χ3n) is 3.98. The van der Waals surface area contributed by atoms with E-state index in [1.54, 1.807) is 4.68 Å². The van der Waals surface area contributed by atoms with Crippen LogP contribution in [0.2, 0.25) is 0 Å². The molecule has 5 nitrogen and oxygen atoms in total. The molecule has 124 valence electrons. The molecule has 0 radical (unpaired) electrons. The van der Waals surface area contributed by atoms with E-state index in [2.05, 4.69) is 26.3 Å². The molecule has 0 saturated heterocycles. The number of hydrogen-bond acceptors (Lipinski definition) is 3. The summed E-state index contributed by atoms with van der Waals surface area (Å²) in [5.41, 5.74) is 7.66. The van der Waals surface area contributed by atoms with Gasteiger partial charge in [0.05, 0.1) is 11.4 Å². The second-order valence-corrected chi connectivity index (χ2v) is 6.74. The van der Waals surface area contributed by atoms with Gasteiger partial charge in [-0.05, 0) is 44.4 Å². The first-order valence-corrected chi connectivity index (χ1v) is 8.21. The molecule has 1 heterocycles. The fourth-order valence-electron chi connectivity index (χ4n) is 2.88. The molecule has 1 aliphatic rings. The molecule has 1 aliphatic carbocycles. The fourth-order valence-corrected chi connectivity index (χ4v) is 3.26.